The van der Waals surface area contributed by atoms with Crippen LogP contribution >= 0.6 is 0 Å². The van der Waals surface area contributed by atoms with E-state index >= 15 is 0 Å². The molecule has 14 heavy (non-hydrogen) atoms. The molecule has 0 spiro atoms. The number of carbonyl (C=O) groups is 1. The highest BCUT2D eigenvalue weighted by Crippen LogP contribution is 2.24. The molecule has 1 heterocycles. The normalized spacial score (nSPS) is 10.3. The van der Waals surface area contributed by atoms with Crippen molar-refractivity contribution in [3.8, 4) is 5.88 Å². The molecule has 4 nitrogen and oxygen atoms in total. The lowest BCUT2D eigenvalue weighted by Gasteiger charge is -2.05. The zero-order chi connectivity index (χ0) is 10.7. The van der Waals surface area contributed by atoms with E-state index in [1.807, 2.05) is 0 Å². The fourth-order valence-corrected chi connectivity index (χ4v) is 0.918. The number of aromatic carboxylic acids is 1. The Labute approximate surface area is 78.1 Å². The van der Waals surface area contributed by atoms with Gasteiger partial charge in [-0.15, -0.1) is 0 Å². The van der Waals surface area contributed by atoms with E-state index in [1.165, 1.54) is 7.11 Å². The van der Waals surface area contributed by atoms with Gasteiger partial charge in [-0.05, 0) is 0 Å². The average Bonchev–Trinajstić information content (AvgIpc) is 2.16. The molecule has 76 valence electrons. The van der Waals surface area contributed by atoms with E-state index in [9.17, 15) is 13.6 Å². The Kier molecular flexibility index (Phi) is 2.95. The number of alkyl halides is 2. The van der Waals surface area contributed by atoms with Crippen LogP contribution in [-0.4, -0.2) is 23.2 Å². The first kappa shape index (κ1) is 10.4. The second-order valence-corrected chi connectivity index (χ2v) is 2.42. The van der Waals surface area contributed by atoms with E-state index in [0.717, 1.165) is 12.3 Å². The second-order valence-electron chi connectivity index (χ2n) is 2.42. The minimum Gasteiger partial charge on any atom is -0.481 e. The van der Waals surface area contributed by atoms with Crippen LogP contribution in [0.3, 0.4) is 0 Å². The molecule has 0 aliphatic carbocycles. The number of carboxylic acid groups (broad SMARTS) is 1. The van der Waals surface area contributed by atoms with Crippen LogP contribution in [0.25, 0.3) is 0 Å². The molecule has 0 radical (unpaired) electrons. The smallest absolute Gasteiger partial charge is 0.336 e. The quantitative estimate of drug-likeness (QED) is 0.812. The van der Waals surface area contributed by atoms with Gasteiger partial charge in [-0.25, -0.2) is 18.6 Å². The van der Waals surface area contributed by atoms with Gasteiger partial charge in [-0.1, -0.05) is 0 Å². The number of carboxylic acids is 1. The van der Waals surface area contributed by atoms with Gasteiger partial charge in [0.25, 0.3) is 6.43 Å². The third-order valence-corrected chi connectivity index (χ3v) is 1.58. The number of pyridine rings is 1. The molecule has 1 rings (SSSR count). The van der Waals surface area contributed by atoms with E-state index in [4.69, 9.17) is 5.11 Å². The third kappa shape index (κ3) is 1.95. The van der Waals surface area contributed by atoms with Crippen LogP contribution in [0.1, 0.15) is 22.3 Å². The topological polar surface area (TPSA) is 59.4 Å². The minimum atomic E-state index is -2.86. The minimum absolute atomic E-state index is 0.00759. The lowest BCUT2D eigenvalue weighted by Crippen LogP contribution is -2.04. The molecule has 0 amide bonds. The summed E-state index contributed by atoms with van der Waals surface area (Å²) in [5.41, 5.74) is -1.11. The van der Waals surface area contributed by atoms with Crippen LogP contribution in [0.2, 0.25) is 0 Å². The highest BCUT2D eigenvalue weighted by atomic mass is 19.3. The summed E-state index contributed by atoms with van der Waals surface area (Å²) >= 11 is 0. The number of halogens is 2. The molecule has 0 fully saturated rings. The zero-order valence-electron chi connectivity index (χ0n) is 7.20. The van der Waals surface area contributed by atoms with Gasteiger partial charge < -0.3 is 9.84 Å². The Morgan fingerprint density at radius 3 is 2.71 bits per heavy atom. The molecule has 0 bridgehead atoms. The molecular formula is C8H7F2NO3. The first-order valence-corrected chi connectivity index (χ1v) is 3.61. The predicted octanol–water partition coefficient (Wildman–Crippen LogP) is 1.73. The standard InChI is InChI=1S/C8H7F2NO3/c1-14-6-2-4(8(12)13)5(3-11-6)7(9)10/h2-3,7H,1H3,(H,12,13). The maximum atomic E-state index is 12.3. The van der Waals surface area contributed by atoms with Gasteiger partial charge in [-0.3, -0.25) is 0 Å². The summed E-state index contributed by atoms with van der Waals surface area (Å²) in [6.45, 7) is 0. The molecule has 0 saturated heterocycles. The lowest BCUT2D eigenvalue weighted by molar-refractivity contribution is 0.0683. The summed E-state index contributed by atoms with van der Waals surface area (Å²) < 4.78 is 29.2. The highest BCUT2D eigenvalue weighted by Gasteiger charge is 2.19. The van der Waals surface area contributed by atoms with Crippen LogP contribution in [0, 0.1) is 0 Å². The highest BCUT2D eigenvalue weighted by molar-refractivity contribution is 5.89. The van der Waals surface area contributed by atoms with Crippen LogP contribution in [0.15, 0.2) is 12.3 Å². The summed E-state index contributed by atoms with van der Waals surface area (Å²) in [5, 5.41) is 8.62. The summed E-state index contributed by atoms with van der Waals surface area (Å²) in [5.74, 6) is -1.44. The number of aromatic nitrogens is 1. The van der Waals surface area contributed by atoms with Gasteiger partial charge >= 0.3 is 5.97 Å². The summed E-state index contributed by atoms with van der Waals surface area (Å²) in [6, 6.07) is 0.962. The number of methoxy groups -OCH3 is 1. The third-order valence-electron chi connectivity index (χ3n) is 1.58. The summed E-state index contributed by atoms with van der Waals surface area (Å²) in [7, 11) is 1.27. The van der Waals surface area contributed by atoms with Crippen molar-refractivity contribution in [2.45, 2.75) is 6.43 Å². The maximum Gasteiger partial charge on any atom is 0.336 e. The molecule has 1 aromatic rings. The van der Waals surface area contributed by atoms with Crippen molar-refractivity contribution >= 4 is 5.97 Å². The van der Waals surface area contributed by atoms with E-state index in [-0.39, 0.29) is 5.88 Å². The van der Waals surface area contributed by atoms with Crippen molar-refractivity contribution in [3.63, 3.8) is 0 Å². The van der Waals surface area contributed by atoms with Gasteiger partial charge in [0.2, 0.25) is 5.88 Å². The molecule has 0 aliphatic rings. The van der Waals surface area contributed by atoms with Gasteiger partial charge in [-0.2, -0.15) is 0 Å². The second kappa shape index (κ2) is 3.99. The van der Waals surface area contributed by atoms with Crippen molar-refractivity contribution < 1.29 is 23.4 Å². The number of nitrogens with zero attached hydrogens (tertiary/aromatic N) is 1. The van der Waals surface area contributed by atoms with Crippen molar-refractivity contribution in [2.75, 3.05) is 7.11 Å². The largest absolute Gasteiger partial charge is 0.481 e. The molecule has 6 heteroatoms. The Balaban J connectivity index is 3.24. The average molecular weight is 203 g/mol. The van der Waals surface area contributed by atoms with Crippen LogP contribution in [0.4, 0.5) is 8.78 Å². The Morgan fingerprint density at radius 1 is 1.64 bits per heavy atom. The van der Waals surface area contributed by atoms with Gasteiger partial charge in [0, 0.05) is 12.3 Å². The summed E-state index contributed by atoms with van der Waals surface area (Å²) in [4.78, 5) is 14.1. The van der Waals surface area contributed by atoms with Gasteiger partial charge in [0.15, 0.2) is 0 Å². The van der Waals surface area contributed by atoms with Crippen LogP contribution in [0.5, 0.6) is 5.88 Å². The molecule has 1 N–H and O–H groups in total. The molecule has 0 aromatic carbocycles. The molecule has 0 atom stereocenters. The van der Waals surface area contributed by atoms with Crippen molar-refractivity contribution in [1.82, 2.24) is 4.98 Å². The monoisotopic (exact) mass is 203 g/mol. The Morgan fingerprint density at radius 2 is 2.29 bits per heavy atom. The van der Waals surface area contributed by atoms with Crippen LogP contribution < -0.4 is 4.74 Å². The Bertz CT molecular complexity index is 354. The molecule has 0 saturated carbocycles. The number of ether oxygens (including phenoxy) is 1. The lowest BCUT2D eigenvalue weighted by atomic mass is 10.1. The number of hydrogen-bond acceptors (Lipinski definition) is 3. The number of hydrogen-bond donors (Lipinski definition) is 1. The SMILES string of the molecule is COc1cc(C(=O)O)c(C(F)F)cn1. The first-order chi connectivity index (χ1) is 6.56. The maximum absolute atomic E-state index is 12.3. The van der Waals surface area contributed by atoms with E-state index in [1.54, 1.807) is 0 Å². The van der Waals surface area contributed by atoms with Gasteiger partial charge in [0.1, 0.15) is 0 Å². The number of rotatable bonds is 3. The predicted molar refractivity (Wildman–Crippen MR) is 42.7 cm³/mol. The molecule has 1 aromatic heterocycles. The fraction of sp³-hybridized carbons (Fsp3) is 0.250. The fourth-order valence-electron chi connectivity index (χ4n) is 0.918. The van der Waals surface area contributed by atoms with Crippen molar-refractivity contribution in [2.24, 2.45) is 0 Å². The molecule has 0 aliphatic heterocycles. The van der Waals surface area contributed by atoms with E-state index in [2.05, 4.69) is 9.72 Å². The van der Waals surface area contributed by atoms with Crippen molar-refractivity contribution in [1.29, 1.82) is 0 Å². The first-order valence-electron chi connectivity index (χ1n) is 3.61. The molecular weight excluding hydrogens is 196 g/mol. The van der Waals surface area contributed by atoms with Crippen molar-refractivity contribution in [3.05, 3.63) is 23.4 Å². The van der Waals surface area contributed by atoms with E-state index in [0.29, 0.717) is 0 Å². The van der Waals surface area contributed by atoms with Gasteiger partial charge in [0.05, 0.1) is 18.2 Å². The summed E-state index contributed by atoms with van der Waals surface area (Å²) in [6.07, 6.45) is -2.06. The molecule has 0 unspecified atom stereocenters. The van der Waals surface area contributed by atoms with E-state index < -0.39 is 23.5 Å². The Hall–Kier alpha value is -1.72. The van der Waals surface area contributed by atoms with Crippen LogP contribution in [-0.2, 0) is 0 Å². The zero-order valence-corrected chi connectivity index (χ0v) is 7.20.